The predicted molar refractivity (Wildman–Crippen MR) is 63.7 cm³/mol. The van der Waals surface area contributed by atoms with Crippen molar-refractivity contribution in [3.63, 3.8) is 0 Å². The zero-order chi connectivity index (χ0) is 12.5. The van der Waals surface area contributed by atoms with Crippen LogP contribution in [-0.4, -0.2) is 6.18 Å². The van der Waals surface area contributed by atoms with Crippen molar-refractivity contribution in [3.8, 4) is 0 Å². The maximum Gasteiger partial charge on any atom is 0.390 e. The van der Waals surface area contributed by atoms with Gasteiger partial charge in [-0.2, -0.15) is 13.2 Å². The number of hydrogen-bond donors (Lipinski definition) is 1. The fourth-order valence-corrected chi connectivity index (χ4v) is 1.97. The fraction of sp³-hybridized carbons (Fsp3) is 0.400. The number of halogens is 6. The van der Waals surface area contributed by atoms with Crippen LogP contribution in [-0.2, 0) is 0 Å². The molecule has 0 bridgehead atoms. The van der Waals surface area contributed by atoms with Crippen LogP contribution in [0.3, 0.4) is 0 Å². The Hall–Kier alpha value is -0.330. The van der Waals surface area contributed by atoms with E-state index < -0.39 is 24.5 Å². The van der Waals surface area contributed by atoms with Crippen molar-refractivity contribution in [2.24, 2.45) is 5.73 Å². The molecule has 0 heterocycles. The van der Waals surface area contributed by atoms with Gasteiger partial charge in [-0.1, -0.05) is 15.9 Å². The number of nitrogens with two attached hydrogens (primary N) is 1. The second kappa shape index (κ2) is 6.02. The predicted octanol–water partition coefficient (Wildman–Crippen LogP) is 4.27. The molecule has 0 saturated heterocycles. The molecule has 0 aliphatic heterocycles. The first-order valence-electron chi connectivity index (χ1n) is 4.48. The van der Waals surface area contributed by atoms with Gasteiger partial charge in [-0.15, -0.1) is 12.4 Å². The molecule has 98 valence electrons. The third-order valence-electron chi connectivity index (χ3n) is 2.10. The summed E-state index contributed by atoms with van der Waals surface area (Å²) in [7, 11) is 0. The molecule has 17 heavy (non-hydrogen) atoms. The van der Waals surface area contributed by atoms with Gasteiger partial charge in [-0.05, 0) is 24.6 Å². The Morgan fingerprint density at radius 1 is 1.35 bits per heavy atom. The Labute approximate surface area is 111 Å². The van der Waals surface area contributed by atoms with E-state index in [2.05, 4.69) is 15.9 Å². The van der Waals surface area contributed by atoms with E-state index in [9.17, 15) is 17.6 Å². The van der Waals surface area contributed by atoms with Gasteiger partial charge in [0.15, 0.2) is 0 Å². The van der Waals surface area contributed by atoms with Crippen molar-refractivity contribution >= 4 is 28.3 Å². The fourth-order valence-electron chi connectivity index (χ4n) is 1.38. The summed E-state index contributed by atoms with van der Waals surface area (Å²) in [5.41, 5.74) is 5.48. The minimum absolute atomic E-state index is 0. The molecule has 1 atom stereocenters. The van der Waals surface area contributed by atoms with E-state index in [4.69, 9.17) is 5.73 Å². The standard InChI is InChI=1S/C10H10BrF4N.ClH/c1-5-2-6(11)3-7(9(5)12)8(16)4-10(13,14)15;/h2-3,8H,4,16H2,1H3;1H/t8-;/m1./s1. The van der Waals surface area contributed by atoms with Crippen LogP contribution in [0.25, 0.3) is 0 Å². The molecule has 0 saturated carbocycles. The van der Waals surface area contributed by atoms with Gasteiger partial charge in [-0.25, -0.2) is 4.39 Å². The van der Waals surface area contributed by atoms with Gasteiger partial charge in [0.05, 0.1) is 6.42 Å². The van der Waals surface area contributed by atoms with Gasteiger partial charge in [-0.3, -0.25) is 0 Å². The molecule has 0 spiro atoms. The first-order valence-corrected chi connectivity index (χ1v) is 5.28. The summed E-state index contributed by atoms with van der Waals surface area (Å²) in [6, 6.07) is 1.38. The SMILES string of the molecule is Cc1cc(Br)cc([C@H](N)CC(F)(F)F)c1F.Cl. The Morgan fingerprint density at radius 3 is 2.35 bits per heavy atom. The Kier molecular flexibility index (Phi) is 5.90. The number of alkyl halides is 3. The molecule has 1 aromatic rings. The van der Waals surface area contributed by atoms with Gasteiger partial charge >= 0.3 is 6.18 Å². The molecular formula is C10H11BrClF4N. The quantitative estimate of drug-likeness (QED) is 0.802. The lowest BCUT2D eigenvalue weighted by Crippen LogP contribution is -2.21. The van der Waals surface area contributed by atoms with E-state index in [0.717, 1.165) is 0 Å². The molecular weight excluding hydrogens is 325 g/mol. The van der Waals surface area contributed by atoms with Gasteiger partial charge in [0.25, 0.3) is 0 Å². The summed E-state index contributed by atoms with van der Waals surface area (Å²) < 4.78 is 50.4. The highest BCUT2D eigenvalue weighted by atomic mass is 79.9. The molecule has 1 rings (SSSR count). The van der Waals surface area contributed by atoms with E-state index in [0.29, 0.717) is 4.47 Å². The van der Waals surface area contributed by atoms with Gasteiger partial charge in [0, 0.05) is 16.1 Å². The molecule has 1 nitrogen and oxygen atoms in total. The highest BCUT2D eigenvalue weighted by Crippen LogP contribution is 2.31. The summed E-state index contributed by atoms with van der Waals surface area (Å²) in [4.78, 5) is 0. The topological polar surface area (TPSA) is 26.0 Å². The second-order valence-electron chi connectivity index (χ2n) is 3.55. The Balaban J connectivity index is 0.00000256. The van der Waals surface area contributed by atoms with Gasteiger partial charge in [0.2, 0.25) is 0 Å². The average Bonchev–Trinajstić information content (AvgIpc) is 2.08. The Bertz CT molecular complexity index is 395. The van der Waals surface area contributed by atoms with Crippen LogP contribution in [0.4, 0.5) is 17.6 Å². The number of rotatable bonds is 2. The van der Waals surface area contributed by atoms with E-state index >= 15 is 0 Å². The number of benzene rings is 1. The third-order valence-corrected chi connectivity index (χ3v) is 2.56. The van der Waals surface area contributed by atoms with Crippen LogP contribution in [0.5, 0.6) is 0 Å². The van der Waals surface area contributed by atoms with Crippen LogP contribution in [0.1, 0.15) is 23.6 Å². The van der Waals surface area contributed by atoms with Crippen LogP contribution in [0.15, 0.2) is 16.6 Å². The summed E-state index contributed by atoms with van der Waals surface area (Å²) >= 11 is 3.09. The molecule has 0 fully saturated rings. The summed E-state index contributed by atoms with van der Waals surface area (Å²) in [6.45, 7) is 1.48. The van der Waals surface area contributed by atoms with E-state index in [-0.39, 0.29) is 23.5 Å². The molecule has 0 radical (unpaired) electrons. The highest BCUT2D eigenvalue weighted by Gasteiger charge is 2.32. The van der Waals surface area contributed by atoms with E-state index in [1.165, 1.54) is 19.1 Å². The molecule has 0 unspecified atom stereocenters. The first-order chi connectivity index (χ1) is 7.20. The van der Waals surface area contributed by atoms with Gasteiger partial charge < -0.3 is 5.73 Å². The van der Waals surface area contributed by atoms with Crippen molar-refractivity contribution in [2.45, 2.75) is 25.6 Å². The smallest absolute Gasteiger partial charge is 0.324 e. The average molecular weight is 337 g/mol. The largest absolute Gasteiger partial charge is 0.390 e. The van der Waals surface area contributed by atoms with E-state index in [1.807, 2.05) is 0 Å². The maximum absolute atomic E-state index is 13.5. The Morgan fingerprint density at radius 2 is 1.88 bits per heavy atom. The van der Waals surface area contributed by atoms with Crippen LogP contribution in [0, 0.1) is 12.7 Å². The van der Waals surface area contributed by atoms with Crippen LogP contribution >= 0.6 is 28.3 Å². The molecule has 0 aliphatic rings. The lowest BCUT2D eigenvalue weighted by molar-refractivity contribution is -0.138. The molecule has 0 amide bonds. The number of aryl methyl sites for hydroxylation is 1. The first kappa shape index (κ1) is 16.7. The number of hydrogen-bond acceptors (Lipinski definition) is 1. The minimum atomic E-state index is -4.40. The third kappa shape index (κ3) is 4.81. The van der Waals surface area contributed by atoms with Crippen molar-refractivity contribution in [1.82, 2.24) is 0 Å². The summed E-state index contributed by atoms with van der Waals surface area (Å²) in [5, 5.41) is 0. The zero-order valence-corrected chi connectivity index (χ0v) is 11.2. The molecule has 7 heteroatoms. The molecule has 2 N–H and O–H groups in total. The lowest BCUT2D eigenvalue weighted by atomic mass is 10.0. The van der Waals surface area contributed by atoms with Crippen molar-refractivity contribution < 1.29 is 17.6 Å². The van der Waals surface area contributed by atoms with Crippen molar-refractivity contribution in [3.05, 3.63) is 33.5 Å². The van der Waals surface area contributed by atoms with E-state index in [1.54, 1.807) is 0 Å². The van der Waals surface area contributed by atoms with Crippen LogP contribution in [0.2, 0.25) is 0 Å². The highest BCUT2D eigenvalue weighted by molar-refractivity contribution is 9.10. The summed E-state index contributed by atoms with van der Waals surface area (Å²) in [6.07, 6.45) is -5.64. The van der Waals surface area contributed by atoms with Crippen LogP contribution < -0.4 is 5.73 Å². The minimum Gasteiger partial charge on any atom is -0.324 e. The van der Waals surface area contributed by atoms with Crippen molar-refractivity contribution in [2.75, 3.05) is 0 Å². The molecule has 0 aromatic heterocycles. The normalized spacial score (nSPS) is 13.1. The van der Waals surface area contributed by atoms with Gasteiger partial charge in [0.1, 0.15) is 5.82 Å². The second-order valence-corrected chi connectivity index (χ2v) is 4.47. The molecule has 1 aromatic carbocycles. The lowest BCUT2D eigenvalue weighted by Gasteiger charge is -2.16. The maximum atomic E-state index is 13.5. The molecule has 0 aliphatic carbocycles. The monoisotopic (exact) mass is 335 g/mol. The van der Waals surface area contributed by atoms with Crippen molar-refractivity contribution in [1.29, 1.82) is 0 Å². The zero-order valence-electron chi connectivity index (χ0n) is 8.81. The summed E-state index contributed by atoms with van der Waals surface area (Å²) in [5.74, 6) is -0.681.